The van der Waals surface area contributed by atoms with Crippen LogP contribution in [-0.4, -0.2) is 102 Å². The number of nitrogens with zero attached hydrogens (tertiary/aromatic N) is 7. The van der Waals surface area contributed by atoms with Gasteiger partial charge in [-0.3, -0.25) is 10.2 Å². The molecular formula is C53H55ClF2N8O6S. The summed E-state index contributed by atoms with van der Waals surface area (Å²) >= 11 is 8.65. The van der Waals surface area contributed by atoms with Gasteiger partial charge in [0.05, 0.1) is 53.0 Å². The van der Waals surface area contributed by atoms with E-state index < -0.39 is 35.3 Å². The largest absolute Gasteiger partial charge is 0.497 e. The predicted molar refractivity (Wildman–Crippen MR) is 273 cm³/mol. The van der Waals surface area contributed by atoms with Crippen LogP contribution in [-0.2, 0) is 17.7 Å². The first kappa shape index (κ1) is 48.1. The van der Waals surface area contributed by atoms with Crippen LogP contribution in [0.4, 0.5) is 30.3 Å². The zero-order chi connectivity index (χ0) is 49.6. The molecule has 18 heteroatoms. The molecule has 370 valence electrons. The van der Waals surface area contributed by atoms with Crippen LogP contribution in [0.2, 0.25) is 5.02 Å². The number of nitrogens with one attached hydrogen (secondary N) is 1. The molecule has 3 aliphatic heterocycles. The fourth-order valence-electron chi connectivity index (χ4n) is 10.2. The first-order valence-electron chi connectivity index (χ1n) is 23.7. The Morgan fingerprint density at radius 3 is 2.46 bits per heavy atom. The SMILES string of the molecule is COc1ccc(C[C@H](c2cccnc2N(C)Cc2ccc(OC)cc2)N2CCOc3c(Cl)c(-c4cccc5sc(NC(=O)OC(C)(C)C)nc45)c(F)c4nc(OC[C@@]56CCCN5C[C@H](F)C6)nc2c34)cc1. The summed E-state index contributed by atoms with van der Waals surface area (Å²) in [6.07, 6.45) is 2.58. The van der Waals surface area contributed by atoms with Gasteiger partial charge in [0.2, 0.25) is 0 Å². The zero-order valence-corrected chi connectivity index (χ0v) is 42.0. The van der Waals surface area contributed by atoms with E-state index in [0.717, 1.165) is 53.4 Å². The van der Waals surface area contributed by atoms with Crippen molar-refractivity contribution >= 4 is 66.9 Å². The number of benzene rings is 4. The van der Waals surface area contributed by atoms with Crippen LogP contribution in [0, 0.1) is 5.82 Å². The lowest BCUT2D eigenvalue weighted by molar-refractivity contribution is 0.0636. The maximum absolute atomic E-state index is 18.2. The van der Waals surface area contributed by atoms with Crippen molar-refractivity contribution in [2.75, 3.05) is 69.2 Å². The number of carbonyl (C=O) groups excluding carboxylic acids is 1. The Balaban J connectivity index is 1.14. The second kappa shape index (κ2) is 19.6. The summed E-state index contributed by atoms with van der Waals surface area (Å²) < 4.78 is 63.6. The number of alkyl halides is 1. The van der Waals surface area contributed by atoms with E-state index in [2.05, 4.69) is 26.1 Å². The van der Waals surface area contributed by atoms with Crippen LogP contribution in [0.5, 0.6) is 23.3 Å². The molecule has 14 nitrogen and oxygen atoms in total. The first-order valence-corrected chi connectivity index (χ1v) is 24.9. The number of fused-ring (bicyclic) bond motifs is 2. The first-order chi connectivity index (χ1) is 34.2. The van der Waals surface area contributed by atoms with Gasteiger partial charge in [-0.25, -0.2) is 23.5 Å². The number of pyridine rings is 1. The summed E-state index contributed by atoms with van der Waals surface area (Å²) in [4.78, 5) is 38.9. The highest BCUT2D eigenvalue weighted by Crippen LogP contribution is 2.51. The highest BCUT2D eigenvalue weighted by Gasteiger charge is 2.49. The van der Waals surface area contributed by atoms with Crippen molar-refractivity contribution < 1.29 is 37.3 Å². The molecule has 4 aromatic carbocycles. The third kappa shape index (κ3) is 9.66. The van der Waals surface area contributed by atoms with E-state index >= 15 is 8.78 Å². The Hall–Kier alpha value is -6.56. The molecule has 10 rings (SSSR count). The van der Waals surface area contributed by atoms with Crippen molar-refractivity contribution in [1.82, 2.24) is 24.8 Å². The quantitative estimate of drug-likeness (QED) is 0.111. The molecule has 0 aliphatic carbocycles. The molecule has 1 amide bonds. The minimum absolute atomic E-state index is 0.00551. The molecule has 0 radical (unpaired) electrons. The monoisotopic (exact) mass is 1000 g/mol. The standard InChI is InChI=1S/C53H55ClF2N8O6S/c1-52(2,3)70-51(65)61-50-59-44-37(10-7-12-39(44)71-50)40-42(54)46-41-45(43(40)56)58-49(69-30-53-21-9-23-63(53)29-33(55)27-53)60-48(41)64(24-25-68-46)38(26-31-13-17-34(66-5)18-14-31)36-11-8-22-57-47(36)62(4)28-32-15-19-35(67-6)20-16-32/h7-8,10-20,22,33,38H,9,21,23-30H2,1-6H3,(H,59,61,65)/t33-,38-,53+/m1/s1. The average molecular weight is 1010 g/mol. The molecule has 3 atom stereocenters. The molecule has 0 unspecified atom stereocenters. The molecular weight excluding hydrogens is 950 g/mol. The average Bonchev–Trinajstić information content (AvgIpc) is 3.99. The summed E-state index contributed by atoms with van der Waals surface area (Å²) in [5.41, 5.74) is 2.36. The Bertz CT molecular complexity index is 3100. The van der Waals surface area contributed by atoms with E-state index in [0.29, 0.717) is 47.5 Å². The highest BCUT2D eigenvalue weighted by atomic mass is 35.5. The number of para-hydroxylation sites is 1. The third-order valence-corrected chi connectivity index (χ3v) is 14.7. The number of methoxy groups -OCH3 is 2. The number of aromatic nitrogens is 4. The summed E-state index contributed by atoms with van der Waals surface area (Å²) in [5.74, 6) is 2.01. The van der Waals surface area contributed by atoms with Crippen molar-refractivity contribution in [2.24, 2.45) is 0 Å². The van der Waals surface area contributed by atoms with E-state index in [1.807, 2.05) is 67.7 Å². The van der Waals surface area contributed by atoms with E-state index in [4.69, 9.17) is 55.2 Å². The molecule has 2 fully saturated rings. The van der Waals surface area contributed by atoms with Gasteiger partial charge >= 0.3 is 12.1 Å². The van der Waals surface area contributed by atoms with Gasteiger partial charge in [0.15, 0.2) is 16.7 Å². The van der Waals surface area contributed by atoms with E-state index in [9.17, 15) is 4.79 Å². The molecule has 3 aromatic heterocycles. The minimum Gasteiger partial charge on any atom is -0.497 e. The Morgan fingerprint density at radius 2 is 1.73 bits per heavy atom. The Morgan fingerprint density at radius 1 is 0.986 bits per heavy atom. The van der Waals surface area contributed by atoms with Crippen molar-refractivity contribution in [3.05, 3.63) is 113 Å². The summed E-state index contributed by atoms with van der Waals surface area (Å²) in [7, 11) is 5.28. The molecule has 1 N–H and O–H groups in total. The number of thiazole rings is 1. The Kier molecular flexibility index (Phi) is 13.2. The minimum atomic E-state index is -0.984. The number of halogens is 3. The topological polar surface area (TPSA) is 137 Å². The Labute approximate surface area is 419 Å². The van der Waals surface area contributed by atoms with Gasteiger partial charge in [-0.2, -0.15) is 9.97 Å². The van der Waals surface area contributed by atoms with Crippen molar-refractivity contribution in [3.8, 4) is 34.4 Å². The number of hydrogen-bond acceptors (Lipinski definition) is 14. The normalized spacial score (nSPS) is 18.2. The zero-order valence-electron chi connectivity index (χ0n) is 40.4. The molecule has 71 heavy (non-hydrogen) atoms. The molecule has 2 saturated heterocycles. The van der Waals surface area contributed by atoms with Crippen LogP contribution in [0.1, 0.15) is 62.8 Å². The van der Waals surface area contributed by atoms with Crippen LogP contribution in [0.3, 0.4) is 0 Å². The molecule has 0 bridgehead atoms. The number of amides is 1. The lowest BCUT2D eigenvalue weighted by atomic mass is 9.95. The molecule has 7 aromatic rings. The van der Waals surface area contributed by atoms with Crippen LogP contribution in [0.15, 0.2) is 85.1 Å². The van der Waals surface area contributed by atoms with E-state index in [1.54, 1.807) is 53.3 Å². The lowest BCUT2D eigenvalue weighted by Gasteiger charge is -2.35. The fourth-order valence-corrected chi connectivity index (χ4v) is 11.4. The summed E-state index contributed by atoms with van der Waals surface area (Å²) in [6.45, 7) is 7.49. The van der Waals surface area contributed by atoms with Crippen LogP contribution < -0.4 is 34.1 Å². The molecule has 0 saturated carbocycles. The maximum Gasteiger partial charge on any atom is 0.413 e. The van der Waals surface area contributed by atoms with Gasteiger partial charge in [0.25, 0.3) is 0 Å². The fraction of sp³-hybridized carbons (Fsp3) is 0.377. The molecule has 6 heterocycles. The van der Waals surface area contributed by atoms with Crippen molar-refractivity contribution in [1.29, 1.82) is 0 Å². The number of ether oxygens (including phenoxy) is 5. The van der Waals surface area contributed by atoms with E-state index in [-0.39, 0.29) is 58.1 Å². The van der Waals surface area contributed by atoms with Gasteiger partial charge in [0.1, 0.15) is 53.6 Å². The van der Waals surface area contributed by atoms with Gasteiger partial charge in [-0.05, 0) is 94.1 Å². The van der Waals surface area contributed by atoms with Crippen LogP contribution in [0.25, 0.3) is 32.2 Å². The third-order valence-electron chi connectivity index (χ3n) is 13.4. The molecule has 3 aliphatic rings. The van der Waals surface area contributed by atoms with Crippen molar-refractivity contribution in [2.45, 2.75) is 76.4 Å². The maximum atomic E-state index is 18.2. The number of rotatable bonds is 14. The van der Waals surface area contributed by atoms with Crippen molar-refractivity contribution in [3.63, 3.8) is 0 Å². The van der Waals surface area contributed by atoms with Crippen LogP contribution >= 0.6 is 22.9 Å². The predicted octanol–water partition coefficient (Wildman–Crippen LogP) is 11.2. The highest BCUT2D eigenvalue weighted by molar-refractivity contribution is 7.22. The summed E-state index contributed by atoms with van der Waals surface area (Å²) in [6, 6.07) is 24.6. The smallest absolute Gasteiger partial charge is 0.413 e. The number of anilines is 3. The second-order valence-electron chi connectivity index (χ2n) is 19.3. The van der Waals surface area contributed by atoms with Gasteiger partial charge in [0, 0.05) is 49.4 Å². The van der Waals surface area contributed by atoms with Gasteiger partial charge in [-0.1, -0.05) is 65.4 Å². The summed E-state index contributed by atoms with van der Waals surface area (Å²) in [5, 5.41) is 3.25. The van der Waals surface area contributed by atoms with E-state index in [1.165, 1.54) is 11.3 Å². The van der Waals surface area contributed by atoms with Gasteiger partial charge < -0.3 is 33.5 Å². The second-order valence-corrected chi connectivity index (χ2v) is 20.7. The molecule has 0 spiro atoms. The number of carbonyl (C=O) groups is 1. The van der Waals surface area contributed by atoms with Gasteiger partial charge in [-0.15, -0.1) is 0 Å². The lowest BCUT2D eigenvalue weighted by Crippen LogP contribution is -2.43. The number of hydrogen-bond donors (Lipinski definition) is 1.